The molecule has 0 saturated carbocycles. The van der Waals surface area contributed by atoms with E-state index in [0.717, 1.165) is 25.0 Å². The molecule has 2 aliphatic heterocycles. The number of hydrogen-bond donors (Lipinski definition) is 0. The molecule has 2 aliphatic rings. The Morgan fingerprint density at radius 2 is 2.08 bits per heavy atom. The lowest BCUT2D eigenvalue weighted by Crippen LogP contribution is -2.55. The van der Waals surface area contributed by atoms with Crippen LogP contribution in [-0.4, -0.2) is 53.9 Å². The summed E-state index contributed by atoms with van der Waals surface area (Å²) in [4.78, 5) is 18.5. The third-order valence-electron chi connectivity index (χ3n) is 5.21. The van der Waals surface area contributed by atoms with E-state index in [4.69, 9.17) is 0 Å². The van der Waals surface area contributed by atoms with Gasteiger partial charge in [0.15, 0.2) is 0 Å². The van der Waals surface area contributed by atoms with Crippen LogP contribution in [0.3, 0.4) is 0 Å². The third-order valence-corrected chi connectivity index (χ3v) is 7.04. The molecule has 0 aromatic carbocycles. The van der Waals surface area contributed by atoms with E-state index in [-0.39, 0.29) is 17.1 Å². The topological polar surface area (TPSA) is 70.6 Å². The molecule has 6 nitrogen and oxygen atoms in total. The summed E-state index contributed by atoms with van der Waals surface area (Å²) < 4.78 is 26.1. The predicted octanol–water partition coefficient (Wildman–Crippen LogP) is 1.64. The number of rotatable bonds is 4. The number of nitrogens with zero attached hydrogens (tertiary/aromatic N) is 3. The lowest BCUT2D eigenvalue weighted by molar-refractivity contribution is -0.139. The monoisotopic (exact) mass is 351 g/mol. The standard InChI is InChI=1S/C17H25N3O3S/c1-2-24(22,23)20-11-5-8-17(14-20)9-7-16(21)19(13-17)12-15-6-3-4-10-18-15/h3-4,6,10H,2,5,7-9,11-14H2,1H3/t17-/m0/s1. The van der Waals surface area contributed by atoms with Crippen LogP contribution >= 0.6 is 0 Å². The molecular weight excluding hydrogens is 326 g/mol. The van der Waals surface area contributed by atoms with Crippen molar-refractivity contribution in [3.05, 3.63) is 30.1 Å². The fourth-order valence-electron chi connectivity index (χ4n) is 3.85. The van der Waals surface area contributed by atoms with Gasteiger partial charge in [-0.2, -0.15) is 0 Å². The Balaban J connectivity index is 1.75. The SMILES string of the molecule is CCS(=O)(=O)N1CCC[C@@]2(CCC(=O)N(Cc3ccccn3)C2)C1. The number of carbonyl (C=O) groups excluding carboxylic acids is 1. The molecule has 2 fully saturated rings. The van der Waals surface area contributed by atoms with Gasteiger partial charge in [0.05, 0.1) is 18.0 Å². The van der Waals surface area contributed by atoms with E-state index in [0.29, 0.717) is 32.6 Å². The number of pyridine rings is 1. The summed E-state index contributed by atoms with van der Waals surface area (Å²) in [5.41, 5.74) is 0.764. The number of piperidine rings is 2. The van der Waals surface area contributed by atoms with Crippen molar-refractivity contribution in [2.24, 2.45) is 5.41 Å². The summed E-state index contributed by atoms with van der Waals surface area (Å²) in [7, 11) is -3.17. The zero-order valence-corrected chi connectivity index (χ0v) is 15.0. The maximum Gasteiger partial charge on any atom is 0.222 e. The highest BCUT2D eigenvalue weighted by molar-refractivity contribution is 7.89. The molecule has 24 heavy (non-hydrogen) atoms. The Kier molecular flexibility index (Phi) is 4.92. The first-order valence-corrected chi connectivity index (χ1v) is 10.2. The van der Waals surface area contributed by atoms with Crippen LogP contribution in [0, 0.1) is 5.41 Å². The van der Waals surface area contributed by atoms with Crippen molar-refractivity contribution in [2.45, 2.75) is 39.2 Å². The molecule has 1 amide bonds. The third kappa shape index (κ3) is 3.62. The number of carbonyl (C=O) groups is 1. The molecule has 1 aromatic rings. The smallest absolute Gasteiger partial charge is 0.222 e. The number of amides is 1. The molecule has 1 atom stereocenters. The molecule has 3 heterocycles. The van der Waals surface area contributed by atoms with Gasteiger partial charge >= 0.3 is 0 Å². The van der Waals surface area contributed by atoms with Crippen LogP contribution in [0.4, 0.5) is 0 Å². The Morgan fingerprint density at radius 3 is 2.79 bits per heavy atom. The molecule has 3 rings (SSSR count). The average molecular weight is 351 g/mol. The molecule has 0 aliphatic carbocycles. The number of hydrogen-bond acceptors (Lipinski definition) is 4. The Hall–Kier alpha value is -1.47. The zero-order valence-electron chi connectivity index (χ0n) is 14.1. The Labute approximate surface area is 143 Å². The maximum absolute atomic E-state index is 12.3. The van der Waals surface area contributed by atoms with Gasteiger partial charge in [0.1, 0.15) is 0 Å². The fourth-order valence-corrected chi connectivity index (χ4v) is 5.09. The summed E-state index contributed by atoms with van der Waals surface area (Å²) in [6, 6.07) is 5.70. The molecule has 1 spiro atoms. The van der Waals surface area contributed by atoms with E-state index in [2.05, 4.69) is 4.98 Å². The Bertz CT molecular complexity index is 692. The van der Waals surface area contributed by atoms with Crippen molar-refractivity contribution in [3.63, 3.8) is 0 Å². The summed E-state index contributed by atoms with van der Waals surface area (Å²) >= 11 is 0. The van der Waals surface area contributed by atoms with Gasteiger partial charge in [0, 0.05) is 37.7 Å². The van der Waals surface area contributed by atoms with Crippen molar-refractivity contribution < 1.29 is 13.2 Å². The van der Waals surface area contributed by atoms with Gasteiger partial charge in [-0.25, -0.2) is 12.7 Å². The fraction of sp³-hybridized carbons (Fsp3) is 0.647. The molecule has 132 valence electrons. The second-order valence-electron chi connectivity index (χ2n) is 6.91. The highest BCUT2D eigenvalue weighted by Gasteiger charge is 2.43. The molecule has 0 bridgehead atoms. The van der Waals surface area contributed by atoms with E-state index >= 15 is 0 Å². The van der Waals surface area contributed by atoms with Crippen molar-refractivity contribution >= 4 is 15.9 Å². The summed E-state index contributed by atoms with van der Waals surface area (Å²) in [6.45, 7) is 3.95. The second-order valence-corrected chi connectivity index (χ2v) is 9.17. The highest BCUT2D eigenvalue weighted by Crippen LogP contribution is 2.40. The van der Waals surface area contributed by atoms with Gasteiger partial charge in [0.25, 0.3) is 0 Å². The maximum atomic E-state index is 12.3. The van der Waals surface area contributed by atoms with E-state index in [1.807, 2.05) is 23.1 Å². The van der Waals surface area contributed by atoms with E-state index in [1.54, 1.807) is 17.4 Å². The average Bonchev–Trinajstić information content (AvgIpc) is 2.59. The minimum absolute atomic E-state index is 0.108. The molecular formula is C17H25N3O3S. The van der Waals surface area contributed by atoms with Crippen LogP contribution in [0.5, 0.6) is 0 Å². The number of sulfonamides is 1. The van der Waals surface area contributed by atoms with Gasteiger partial charge in [-0.1, -0.05) is 6.07 Å². The molecule has 1 aromatic heterocycles. The van der Waals surface area contributed by atoms with Gasteiger partial charge in [0.2, 0.25) is 15.9 Å². The van der Waals surface area contributed by atoms with Gasteiger partial charge in [-0.05, 0) is 38.3 Å². The lowest BCUT2D eigenvalue weighted by atomic mass is 9.74. The summed E-state index contributed by atoms with van der Waals surface area (Å²) in [5, 5.41) is 0. The molecule has 7 heteroatoms. The van der Waals surface area contributed by atoms with Gasteiger partial charge < -0.3 is 4.90 Å². The summed E-state index contributed by atoms with van der Waals surface area (Å²) in [6.07, 6.45) is 4.85. The van der Waals surface area contributed by atoms with E-state index in [1.165, 1.54) is 0 Å². The first-order valence-electron chi connectivity index (χ1n) is 8.60. The zero-order chi connectivity index (χ0) is 17.2. The van der Waals surface area contributed by atoms with Crippen LogP contribution in [-0.2, 0) is 21.4 Å². The van der Waals surface area contributed by atoms with Gasteiger partial charge in [-0.15, -0.1) is 0 Å². The molecule has 0 unspecified atom stereocenters. The van der Waals surface area contributed by atoms with Crippen LogP contribution in [0.25, 0.3) is 0 Å². The van der Waals surface area contributed by atoms with Crippen molar-refractivity contribution in [1.82, 2.24) is 14.2 Å². The van der Waals surface area contributed by atoms with E-state index in [9.17, 15) is 13.2 Å². The molecule has 0 N–H and O–H groups in total. The summed E-state index contributed by atoms with van der Waals surface area (Å²) in [5.74, 6) is 0.279. The molecule has 0 radical (unpaired) electrons. The first kappa shape index (κ1) is 17.4. The molecule has 2 saturated heterocycles. The van der Waals surface area contributed by atoms with E-state index < -0.39 is 10.0 Å². The lowest BCUT2D eigenvalue weighted by Gasteiger charge is -2.47. The predicted molar refractivity (Wildman–Crippen MR) is 91.6 cm³/mol. The van der Waals surface area contributed by atoms with Crippen molar-refractivity contribution in [3.8, 4) is 0 Å². The Morgan fingerprint density at radius 1 is 1.25 bits per heavy atom. The normalized spacial score (nSPS) is 26.0. The van der Waals surface area contributed by atoms with Crippen molar-refractivity contribution in [1.29, 1.82) is 0 Å². The van der Waals surface area contributed by atoms with Crippen molar-refractivity contribution in [2.75, 3.05) is 25.4 Å². The first-order chi connectivity index (χ1) is 11.4. The van der Waals surface area contributed by atoms with Crippen LogP contribution < -0.4 is 0 Å². The highest BCUT2D eigenvalue weighted by atomic mass is 32.2. The van der Waals surface area contributed by atoms with Crippen LogP contribution in [0.15, 0.2) is 24.4 Å². The number of likely N-dealkylation sites (tertiary alicyclic amines) is 1. The quantitative estimate of drug-likeness (QED) is 0.827. The van der Waals surface area contributed by atoms with Gasteiger partial charge in [-0.3, -0.25) is 9.78 Å². The minimum atomic E-state index is -3.17. The van der Waals surface area contributed by atoms with Crippen LogP contribution in [0.1, 0.15) is 38.3 Å². The van der Waals surface area contributed by atoms with Crippen LogP contribution in [0.2, 0.25) is 0 Å². The largest absolute Gasteiger partial charge is 0.336 e. The minimum Gasteiger partial charge on any atom is -0.336 e. The number of aromatic nitrogens is 1. The second kappa shape index (κ2) is 6.80.